The predicted octanol–water partition coefficient (Wildman–Crippen LogP) is 5.11. The van der Waals surface area contributed by atoms with Gasteiger partial charge in [-0.25, -0.2) is 8.42 Å². The molecule has 1 aromatic carbocycles. The fourth-order valence-corrected chi connectivity index (χ4v) is 5.74. The molecule has 0 atom stereocenters. The van der Waals surface area contributed by atoms with E-state index in [1.54, 1.807) is 30.0 Å². The van der Waals surface area contributed by atoms with Crippen LogP contribution in [0.5, 0.6) is 0 Å². The van der Waals surface area contributed by atoms with Gasteiger partial charge in [-0.3, -0.25) is 0 Å². The average Bonchev–Trinajstić information content (AvgIpc) is 3.27. The lowest BCUT2D eigenvalue weighted by molar-refractivity contribution is 0.359. The van der Waals surface area contributed by atoms with Gasteiger partial charge in [0.1, 0.15) is 9.97 Å². The Balaban J connectivity index is 1.91. The van der Waals surface area contributed by atoms with Crippen LogP contribution in [0.4, 0.5) is 0 Å². The molecule has 0 unspecified atom stereocenters. The summed E-state index contributed by atoms with van der Waals surface area (Å²) >= 11 is 8.62. The summed E-state index contributed by atoms with van der Waals surface area (Å²) in [6, 6.07) is 14.5. The number of hydrogen-bond acceptors (Lipinski definition) is 5. The Hall–Kier alpha value is -1.25. The molecule has 0 amide bonds. The zero-order chi connectivity index (χ0) is 17.9. The monoisotopic (exact) mass is 413 g/mol. The summed E-state index contributed by atoms with van der Waals surface area (Å²) in [5.74, 6) is 0.590. The number of benzene rings is 1. The van der Waals surface area contributed by atoms with Crippen molar-refractivity contribution in [2.45, 2.75) is 22.2 Å². The van der Waals surface area contributed by atoms with E-state index in [9.17, 15) is 8.42 Å². The van der Waals surface area contributed by atoms with Gasteiger partial charge in [0.05, 0.1) is 17.1 Å². The van der Waals surface area contributed by atoms with Crippen LogP contribution in [0.1, 0.15) is 11.3 Å². The van der Waals surface area contributed by atoms with Crippen molar-refractivity contribution in [3.8, 4) is 0 Å². The summed E-state index contributed by atoms with van der Waals surface area (Å²) in [6.45, 7) is 0.419. The molecular weight excluding hydrogens is 398 g/mol. The molecule has 0 N–H and O–H groups in total. The summed E-state index contributed by atoms with van der Waals surface area (Å²) in [7, 11) is -3.67. The van der Waals surface area contributed by atoms with E-state index < -0.39 is 10.0 Å². The van der Waals surface area contributed by atoms with Crippen LogP contribution < -0.4 is 0 Å². The second-order valence-corrected chi connectivity index (χ2v) is 10.0. The molecule has 0 radical (unpaired) electrons. The number of furan rings is 1. The van der Waals surface area contributed by atoms with Crippen molar-refractivity contribution in [1.82, 2.24) is 4.31 Å². The van der Waals surface area contributed by atoms with Gasteiger partial charge in [0.2, 0.25) is 0 Å². The first-order valence-electron chi connectivity index (χ1n) is 7.40. The summed E-state index contributed by atoms with van der Waals surface area (Å²) in [4.78, 5) is 1.13. The SMILES string of the molecule is CSc1ccc(CN(Cc2ccco2)S(=O)(=O)c2ccc(Cl)s2)cc1. The highest BCUT2D eigenvalue weighted by atomic mass is 35.5. The maximum Gasteiger partial charge on any atom is 0.253 e. The lowest BCUT2D eigenvalue weighted by atomic mass is 10.2. The van der Waals surface area contributed by atoms with Crippen molar-refractivity contribution >= 4 is 44.7 Å². The predicted molar refractivity (Wildman–Crippen MR) is 103 cm³/mol. The van der Waals surface area contributed by atoms with E-state index in [1.165, 1.54) is 16.6 Å². The summed E-state index contributed by atoms with van der Waals surface area (Å²) in [6.07, 6.45) is 3.54. The highest BCUT2D eigenvalue weighted by Crippen LogP contribution is 2.30. The fraction of sp³-hybridized carbons (Fsp3) is 0.176. The molecule has 0 saturated carbocycles. The maximum atomic E-state index is 13.0. The van der Waals surface area contributed by atoms with Gasteiger partial charge in [-0.15, -0.1) is 23.1 Å². The summed E-state index contributed by atoms with van der Waals surface area (Å²) in [5.41, 5.74) is 0.913. The van der Waals surface area contributed by atoms with Crippen molar-refractivity contribution in [2.75, 3.05) is 6.26 Å². The first-order valence-corrected chi connectivity index (χ1v) is 11.3. The third kappa shape index (κ3) is 4.48. The number of nitrogens with zero attached hydrogens (tertiary/aromatic N) is 1. The van der Waals surface area contributed by atoms with Crippen LogP contribution in [0.2, 0.25) is 4.34 Å². The van der Waals surface area contributed by atoms with E-state index in [0.717, 1.165) is 21.8 Å². The maximum absolute atomic E-state index is 13.0. The van der Waals surface area contributed by atoms with Crippen LogP contribution in [0, 0.1) is 0 Å². The van der Waals surface area contributed by atoms with E-state index in [4.69, 9.17) is 16.0 Å². The van der Waals surface area contributed by atoms with Crippen LogP contribution in [0.3, 0.4) is 0 Å². The van der Waals surface area contributed by atoms with Gasteiger partial charge in [-0.05, 0) is 48.2 Å². The zero-order valence-corrected chi connectivity index (χ0v) is 16.6. The molecule has 0 fully saturated rings. The Kier molecular flexibility index (Phi) is 5.91. The molecule has 0 aliphatic rings. The molecule has 0 aliphatic heterocycles. The minimum Gasteiger partial charge on any atom is -0.468 e. The van der Waals surface area contributed by atoms with Crippen LogP contribution in [0.15, 0.2) is 68.3 Å². The van der Waals surface area contributed by atoms with Gasteiger partial charge in [0.25, 0.3) is 10.0 Å². The Labute approximate surface area is 160 Å². The molecule has 25 heavy (non-hydrogen) atoms. The smallest absolute Gasteiger partial charge is 0.253 e. The van der Waals surface area contributed by atoms with Crippen molar-refractivity contribution in [1.29, 1.82) is 0 Å². The Bertz CT molecular complexity index is 918. The summed E-state index contributed by atoms with van der Waals surface area (Å²) in [5, 5.41) is 0. The van der Waals surface area contributed by atoms with Crippen LogP contribution in [0.25, 0.3) is 0 Å². The molecule has 0 saturated heterocycles. The molecule has 8 heteroatoms. The topological polar surface area (TPSA) is 50.5 Å². The number of hydrogen-bond donors (Lipinski definition) is 0. The van der Waals surface area contributed by atoms with E-state index in [1.807, 2.05) is 30.5 Å². The van der Waals surface area contributed by atoms with Gasteiger partial charge in [-0.2, -0.15) is 4.31 Å². The minimum absolute atomic E-state index is 0.162. The minimum atomic E-state index is -3.67. The normalized spacial score (nSPS) is 12.0. The molecule has 132 valence electrons. The molecule has 0 bridgehead atoms. The van der Waals surface area contributed by atoms with Crippen LogP contribution in [-0.4, -0.2) is 19.0 Å². The van der Waals surface area contributed by atoms with Crippen LogP contribution >= 0.6 is 34.7 Å². The first kappa shape index (κ1) is 18.5. The van der Waals surface area contributed by atoms with Gasteiger partial charge in [0, 0.05) is 11.4 Å². The second-order valence-electron chi connectivity index (χ2n) is 5.26. The molecule has 0 spiro atoms. The van der Waals surface area contributed by atoms with Gasteiger partial charge in [0.15, 0.2) is 0 Å². The molecule has 0 aliphatic carbocycles. The third-order valence-corrected chi connectivity index (χ3v) is 7.81. The Morgan fingerprint density at radius 3 is 2.44 bits per heavy atom. The van der Waals surface area contributed by atoms with Crippen molar-refractivity contribution < 1.29 is 12.8 Å². The molecular formula is C17H16ClNO3S3. The Morgan fingerprint density at radius 2 is 1.88 bits per heavy atom. The largest absolute Gasteiger partial charge is 0.468 e. The van der Waals surface area contributed by atoms with Gasteiger partial charge in [-0.1, -0.05) is 23.7 Å². The molecule has 3 rings (SSSR count). The van der Waals surface area contributed by atoms with Crippen molar-refractivity contribution in [3.63, 3.8) is 0 Å². The highest BCUT2D eigenvalue weighted by molar-refractivity contribution is 7.98. The standard InChI is InChI=1S/C17H16ClNO3S3/c1-23-15-6-4-13(5-7-15)11-19(12-14-3-2-10-22-14)25(20,21)17-9-8-16(18)24-17/h2-10H,11-12H2,1H3. The Morgan fingerprint density at radius 1 is 1.12 bits per heavy atom. The first-order chi connectivity index (χ1) is 12.0. The average molecular weight is 414 g/mol. The zero-order valence-electron chi connectivity index (χ0n) is 13.4. The number of rotatable bonds is 7. The quantitative estimate of drug-likeness (QED) is 0.505. The fourth-order valence-electron chi connectivity index (χ4n) is 2.30. The number of thiophene rings is 1. The second kappa shape index (κ2) is 7.97. The molecule has 3 aromatic rings. The number of halogens is 1. The molecule has 2 aromatic heterocycles. The van der Waals surface area contributed by atoms with Crippen LogP contribution in [-0.2, 0) is 23.1 Å². The van der Waals surface area contributed by atoms with E-state index in [2.05, 4.69) is 0 Å². The molecule has 2 heterocycles. The number of sulfonamides is 1. The summed E-state index contributed by atoms with van der Waals surface area (Å²) < 4.78 is 33.5. The van der Waals surface area contributed by atoms with Gasteiger partial charge < -0.3 is 4.42 Å². The molecule has 4 nitrogen and oxygen atoms in total. The lowest BCUT2D eigenvalue weighted by Gasteiger charge is -2.20. The van der Waals surface area contributed by atoms with E-state index in [-0.39, 0.29) is 17.3 Å². The lowest BCUT2D eigenvalue weighted by Crippen LogP contribution is -2.29. The third-order valence-electron chi connectivity index (χ3n) is 3.57. The van der Waals surface area contributed by atoms with Crippen molar-refractivity contribution in [2.24, 2.45) is 0 Å². The van der Waals surface area contributed by atoms with Crippen molar-refractivity contribution in [3.05, 3.63) is 70.5 Å². The van der Waals surface area contributed by atoms with E-state index in [0.29, 0.717) is 10.1 Å². The van der Waals surface area contributed by atoms with E-state index >= 15 is 0 Å². The van der Waals surface area contributed by atoms with Gasteiger partial charge >= 0.3 is 0 Å². The number of thioether (sulfide) groups is 1. The highest BCUT2D eigenvalue weighted by Gasteiger charge is 2.27.